The van der Waals surface area contributed by atoms with Gasteiger partial charge in [-0.05, 0) is 37.9 Å². The fraction of sp³-hybridized carbons (Fsp3) is 0.571. The van der Waals surface area contributed by atoms with Crippen LogP contribution in [-0.4, -0.2) is 22.9 Å². The molecule has 0 spiro atoms. The first-order valence-electron chi connectivity index (χ1n) is 6.45. The predicted octanol–water partition coefficient (Wildman–Crippen LogP) is 2.12. The number of pyridine rings is 1. The van der Waals surface area contributed by atoms with Crippen LogP contribution in [0.25, 0.3) is 0 Å². The van der Waals surface area contributed by atoms with Crippen molar-refractivity contribution < 1.29 is 4.79 Å². The highest BCUT2D eigenvalue weighted by molar-refractivity contribution is 5.90. The maximum atomic E-state index is 12.4. The molecule has 1 aliphatic heterocycles. The first-order chi connectivity index (χ1) is 8.27. The fourth-order valence-electron chi connectivity index (χ4n) is 2.66. The number of nitrogens with one attached hydrogen (secondary N) is 1. The summed E-state index contributed by atoms with van der Waals surface area (Å²) in [6, 6.07) is 5.74. The molecular weight excluding hydrogens is 212 g/mol. The van der Waals surface area contributed by atoms with Gasteiger partial charge < -0.3 is 5.32 Å². The predicted molar refractivity (Wildman–Crippen MR) is 67.8 cm³/mol. The Hall–Kier alpha value is -1.22. The van der Waals surface area contributed by atoms with Gasteiger partial charge in [-0.3, -0.25) is 9.78 Å². The van der Waals surface area contributed by atoms with E-state index in [1.54, 1.807) is 6.20 Å². The van der Waals surface area contributed by atoms with E-state index in [1.807, 2.05) is 18.2 Å². The Balaban J connectivity index is 2.07. The number of nitrogens with zero attached hydrogens (tertiary/aromatic N) is 1. The van der Waals surface area contributed by atoms with Gasteiger partial charge in [0.05, 0.1) is 12.0 Å². The van der Waals surface area contributed by atoms with Crippen LogP contribution in [0.1, 0.15) is 38.3 Å². The van der Waals surface area contributed by atoms with Gasteiger partial charge in [-0.25, -0.2) is 0 Å². The van der Waals surface area contributed by atoms with Crippen molar-refractivity contribution in [3.8, 4) is 0 Å². The van der Waals surface area contributed by atoms with Gasteiger partial charge in [0.25, 0.3) is 0 Å². The Morgan fingerprint density at radius 1 is 1.53 bits per heavy atom. The van der Waals surface area contributed by atoms with Gasteiger partial charge >= 0.3 is 0 Å². The summed E-state index contributed by atoms with van der Waals surface area (Å²) in [6.45, 7) is 3.10. The van der Waals surface area contributed by atoms with Crippen molar-refractivity contribution in [2.24, 2.45) is 0 Å². The number of Topliss-reactive ketones (excluding diaryl/α,β-unsaturated/α-hetero) is 1. The smallest absolute Gasteiger partial charge is 0.158 e. The number of rotatable bonds is 5. The molecule has 0 saturated carbocycles. The second kappa shape index (κ2) is 5.41. The first kappa shape index (κ1) is 12.2. The average Bonchev–Trinajstić information content (AvgIpc) is 2.81. The lowest BCUT2D eigenvalue weighted by Gasteiger charge is -2.27. The summed E-state index contributed by atoms with van der Waals surface area (Å²) >= 11 is 0. The summed E-state index contributed by atoms with van der Waals surface area (Å²) < 4.78 is 0. The summed E-state index contributed by atoms with van der Waals surface area (Å²) in [6.07, 6.45) is 6.27. The van der Waals surface area contributed by atoms with Gasteiger partial charge in [0.1, 0.15) is 0 Å². The van der Waals surface area contributed by atoms with Crippen molar-refractivity contribution in [1.82, 2.24) is 10.3 Å². The number of carbonyl (C=O) groups excluding carboxylic acids is 1. The molecule has 3 heteroatoms. The summed E-state index contributed by atoms with van der Waals surface area (Å²) in [5.74, 6) is 0.301. The van der Waals surface area contributed by atoms with Crippen LogP contribution in [0.5, 0.6) is 0 Å². The van der Waals surface area contributed by atoms with Gasteiger partial charge in [-0.2, -0.15) is 0 Å². The standard InChI is InChI=1S/C14H20N2O/c1-2-7-14(8-5-10-16-14)13(17)11-12-6-3-4-9-15-12/h3-4,6,9,16H,2,5,7-8,10-11H2,1H3. The minimum absolute atomic E-state index is 0.272. The summed E-state index contributed by atoms with van der Waals surface area (Å²) in [7, 11) is 0. The van der Waals surface area contributed by atoms with E-state index < -0.39 is 0 Å². The van der Waals surface area contributed by atoms with E-state index >= 15 is 0 Å². The second-order valence-electron chi connectivity index (χ2n) is 4.78. The lowest BCUT2D eigenvalue weighted by atomic mass is 9.85. The first-order valence-corrected chi connectivity index (χ1v) is 6.45. The maximum absolute atomic E-state index is 12.4. The molecule has 1 atom stereocenters. The molecule has 1 fully saturated rings. The van der Waals surface area contributed by atoms with Crippen LogP contribution in [0, 0.1) is 0 Å². The molecule has 0 aromatic carbocycles. The Labute approximate surface area is 103 Å². The van der Waals surface area contributed by atoms with Crippen LogP contribution in [-0.2, 0) is 11.2 Å². The van der Waals surface area contributed by atoms with Crippen molar-refractivity contribution in [3.63, 3.8) is 0 Å². The van der Waals surface area contributed by atoms with Crippen LogP contribution >= 0.6 is 0 Å². The number of carbonyl (C=O) groups is 1. The van der Waals surface area contributed by atoms with Crippen LogP contribution in [0.2, 0.25) is 0 Å². The molecular formula is C14H20N2O. The second-order valence-corrected chi connectivity index (χ2v) is 4.78. The van der Waals surface area contributed by atoms with Crippen molar-refractivity contribution in [2.45, 2.75) is 44.6 Å². The third kappa shape index (κ3) is 2.72. The third-order valence-electron chi connectivity index (χ3n) is 3.52. The van der Waals surface area contributed by atoms with Crippen LogP contribution in [0.4, 0.5) is 0 Å². The highest BCUT2D eigenvalue weighted by Crippen LogP contribution is 2.26. The zero-order valence-corrected chi connectivity index (χ0v) is 10.4. The van der Waals surface area contributed by atoms with Gasteiger partial charge in [-0.15, -0.1) is 0 Å². The lowest BCUT2D eigenvalue weighted by molar-refractivity contribution is -0.124. The normalized spacial score (nSPS) is 23.8. The largest absolute Gasteiger partial charge is 0.305 e. The highest BCUT2D eigenvalue weighted by Gasteiger charge is 2.39. The molecule has 3 nitrogen and oxygen atoms in total. The van der Waals surface area contributed by atoms with E-state index in [4.69, 9.17) is 0 Å². The minimum atomic E-state index is -0.272. The van der Waals surface area contributed by atoms with Gasteiger partial charge in [0.2, 0.25) is 0 Å². The number of ketones is 1. The maximum Gasteiger partial charge on any atom is 0.158 e. The summed E-state index contributed by atoms with van der Waals surface area (Å²) in [4.78, 5) is 16.7. The van der Waals surface area contributed by atoms with E-state index in [2.05, 4.69) is 17.2 Å². The average molecular weight is 232 g/mol. The zero-order valence-electron chi connectivity index (χ0n) is 10.4. The molecule has 1 unspecified atom stereocenters. The van der Waals surface area contributed by atoms with Gasteiger partial charge in [-0.1, -0.05) is 19.4 Å². The quantitative estimate of drug-likeness (QED) is 0.845. The lowest BCUT2D eigenvalue weighted by Crippen LogP contribution is -2.48. The highest BCUT2D eigenvalue weighted by atomic mass is 16.1. The Morgan fingerprint density at radius 3 is 3.00 bits per heavy atom. The van der Waals surface area contributed by atoms with E-state index in [-0.39, 0.29) is 5.54 Å². The van der Waals surface area contributed by atoms with Crippen molar-refractivity contribution in [1.29, 1.82) is 0 Å². The third-order valence-corrected chi connectivity index (χ3v) is 3.52. The monoisotopic (exact) mass is 232 g/mol. The molecule has 2 heterocycles. The van der Waals surface area contributed by atoms with Crippen molar-refractivity contribution in [3.05, 3.63) is 30.1 Å². The van der Waals surface area contributed by atoms with E-state index in [0.29, 0.717) is 12.2 Å². The molecule has 0 radical (unpaired) electrons. The molecule has 2 rings (SSSR count). The van der Waals surface area contributed by atoms with E-state index in [1.165, 1.54) is 0 Å². The van der Waals surface area contributed by atoms with Crippen molar-refractivity contribution in [2.75, 3.05) is 6.54 Å². The molecule has 1 N–H and O–H groups in total. The molecule has 0 amide bonds. The molecule has 17 heavy (non-hydrogen) atoms. The van der Waals surface area contributed by atoms with Gasteiger partial charge in [0, 0.05) is 11.9 Å². The number of hydrogen-bond donors (Lipinski definition) is 1. The SMILES string of the molecule is CCCC1(C(=O)Cc2ccccn2)CCCN1. The summed E-state index contributed by atoms with van der Waals surface area (Å²) in [5, 5.41) is 3.41. The van der Waals surface area contributed by atoms with Crippen LogP contribution in [0.3, 0.4) is 0 Å². The molecule has 1 aromatic heterocycles. The molecule has 1 aliphatic rings. The molecule has 92 valence electrons. The molecule has 1 saturated heterocycles. The topological polar surface area (TPSA) is 42.0 Å². The van der Waals surface area contributed by atoms with Crippen molar-refractivity contribution >= 4 is 5.78 Å². The minimum Gasteiger partial charge on any atom is -0.305 e. The van der Waals surface area contributed by atoms with Crippen LogP contribution < -0.4 is 5.32 Å². The summed E-state index contributed by atoms with van der Waals surface area (Å²) in [5.41, 5.74) is 0.605. The number of hydrogen-bond acceptors (Lipinski definition) is 3. The molecule has 1 aromatic rings. The Kier molecular flexibility index (Phi) is 3.89. The zero-order chi connectivity index (χ0) is 12.1. The molecule has 0 bridgehead atoms. The van der Waals surface area contributed by atoms with E-state index in [0.717, 1.165) is 37.9 Å². The van der Waals surface area contributed by atoms with Crippen LogP contribution in [0.15, 0.2) is 24.4 Å². The molecule has 0 aliphatic carbocycles. The van der Waals surface area contributed by atoms with Gasteiger partial charge in [0.15, 0.2) is 5.78 Å². The van der Waals surface area contributed by atoms with E-state index in [9.17, 15) is 4.79 Å². The number of aromatic nitrogens is 1. The fourth-order valence-corrected chi connectivity index (χ4v) is 2.66. The Bertz CT molecular complexity index is 369. The Morgan fingerprint density at radius 2 is 2.41 bits per heavy atom.